The third-order valence-electron chi connectivity index (χ3n) is 4.67. The third-order valence-corrected chi connectivity index (χ3v) is 4.67. The minimum Gasteiger partial charge on any atom is -0.360 e. The Labute approximate surface area is 139 Å². The maximum absolute atomic E-state index is 3.41. The van der Waals surface area contributed by atoms with Gasteiger partial charge in [-0.05, 0) is 21.9 Å². The number of hydrogen-bond donors (Lipinski definition) is 2. The van der Waals surface area contributed by atoms with Crippen molar-refractivity contribution in [3.05, 3.63) is 85.2 Å². The van der Waals surface area contributed by atoms with E-state index >= 15 is 0 Å². The van der Waals surface area contributed by atoms with E-state index in [1.54, 1.807) is 0 Å². The van der Waals surface area contributed by atoms with E-state index in [9.17, 15) is 0 Å². The summed E-state index contributed by atoms with van der Waals surface area (Å²) in [5.41, 5.74) is 4.76. The van der Waals surface area contributed by atoms with Crippen molar-refractivity contribution in [3.8, 4) is 22.5 Å². The summed E-state index contributed by atoms with van der Waals surface area (Å²) >= 11 is 0. The number of benzene rings is 3. The van der Waals surface area contributed by atoms with Crippen LogP contribution in [-0.2, 0) is 0 Å². The maximum Gasteiger partial charge on any atom is 0.0533 e. The molecule has 0 saturated carbocycles. The highest BCUT2D eigenvalue weighted by Gasteiger charge is 2.08. The van der Waals surface area contributed by atoms with Crippen LogP contribution in [0.15, 0.2) is 85.2 Å². The number of hydrogen-bond acceptors (Lipinski definition) is 0. The molecule has 2 nitrogen and oxygen atoms in total. The molecule has 0 aliphatic heterocycles. The summed E-state index contributed by atoms with van der Waals surface area (Å²) in [6.07, 6.45) is 4.13. The first-order valence-electron chi connectivity index (χ1n) is 8.13. The molecule has 114 valence electrons. The summed E-state index contributed by atoms with van der Waals surface area (Å²) < 4.78 is 0. The minimum absolute atomic E-state index is 1.17. The predicted octanol–water partition coefficient (Wildman–Crippen LogP) is 5.98. The van der Waals surface area contributed by atoms with Crippen LogP contribution in [0.5, 0.6) is 0 Å². The van der Waals surface area contributed by atoms with Crippen molar-refractivity contribution in [2.45, 2.75) is 0 Å². The van der Waals surface area contributed by atoms with E-state index in [1.165, 1.54) is 44.1 Å². The van der Waals surface area contributed by atoms with E-state index < -0.39 is 0 Å². The van der Waals surface area contributed by atoms with Crippen LogP contribution in [-0.4, -0.2) is 9.97 Å². The number of aromatic amines is 2. The number of aromatic nitrogens is 2. The standard InChI is InChI=1S/C22H16N2/c1-3-7-19-17(5-1)13-23-21(19)15-9-11-16(12-10-15)22-20-8-4-2-6-18(20)14-24-22/h1-14,23-24H. The topological polar surface area (TPSA) is 31.6 Å². The van der Waals surface area contributed by atoms with Gasteiger partial charge in [-0.15, -0.1) is 0 Å². The van der Waals surface area contributed by atoms with Gasteiger partial charge in [-0.3, -0.25) is 0 Å². The van der Waals surface area contributed by atoms with Gasteiger partial charge in [0, 0.05) is 23.2 Å². The van der Waals surface area contributed by atoms with E-state index in [-0.39, 0.29) is 0 Å². The quantitative estimate of drug-likeness (QED) is 0.402. The minimum atomic E-state index is 1.17. The van der Waals surface area contributed by atoms with Gasteiger partial charge in [0.1, 0.15) is 0 Å². The molecule has 0 atom stereocenters. The van der Waals surface area contributed by atoms with Crippen LogP contribution in [0, 0.1) is 0 Å². The second-order valence-electron chi connectivity index (χ2n) is 6.08. The van der Waals surface area contributed by atoms with Crippen molar-refractivity contribution in [2.75, 3.05) is 0 Å². The van der Waals surface area contributed by atoms with E-state index in [1.807, 2.05) is 0 Å². The average Bonchev–Trinajstić information content (AvgIpc) is 3.26. The highest BCUT2D eigenvalue weighted by atomic mass is 14.7. The lowest BCUT2D eigenvalue weighted by Gasteiger charge is -2.04. The first-order chi connectivity index (χ1) is 11.9. The summed E-state index contributed by atoms with van der Waals surface area (Å²) in [5.74, 6) is 0. The van der Waals surface area contributed by atoms with Crippen molar-refractivity contribution in [3.63, 3.8) is 0 Å². The molecule has 2 aromatic heterocycles. The lowest BCUT2D eigenvalue weighted by atomic mass is 10.0. The Morgan fingerprint density at radius 3 is 1.33 bits per heavy atom. The van der Waals surface area contributed by atoms with Crippen LogP contribution in [0.2, 0.25) is 0 Å². The fraction of sp³-hybridized carbons (Fsp3) is 0. The van der Waals surface area contributed by atoms with Crippen molar-refractivity contribution < 1.29 is 0 Å². The van der Waals surface area contributed by atoms with Crippen LogP contribution < -0.4 is 0 Å². The van der Waals surface area contributed by atoms with Crippen molar-refractivity contribution in [1.29, 1.82) is 0 Å². The molecule has 0 spiro atoms. The molecule has 2 N–H and O–H groups in total. The zero-order valence-corrected chi connectivity index (χ0v) is 13.1. The first kappa shape index (κ1) is 13.2. The molecule has 2 heterocycles. The Morgan fingerprint density at radius 2 is 0.875 bits per heavy atom. The van der Waals surface area contributed by atoms with E-state index in [4.69, 9.17) is 0 Å². The number of rotatable bonds is 2. The van der Waals surface area contributed by atoms with Gasteiger partial charge >= 0.3 is 0 Å². The predicted molar refractivity (Wildman–Crippen MR) is 101 cm³/mol. The molecular formula is C22H16N2. The molecule has 5 aromatic rings. The highest BCUT2D eigenvalue weighted by molar-refractivity contribution is 5.97. The Hall–Kier alpha value is -3.26. The number of fused-ring (bicyclic) bond motifs is 2. The van der Waals surface area contributed by atoms with Gasteiger partial charge in [-0.2, -0.15) is 0 Å². The summed E-state index contributed by atoms with van der Waals surface area (Å²) in [6, 6.07) is 25.6. The fourth-order valence-electron chi connectivity index (χ4n) is 3.44. The molecule has 0 amide bonds. The molecule has 0 aliphatic carbocycles. The Morgan fingerprint density at radius 1 is 0.458 bits per heavy atom. The molecule has 0 saturated heterocycles. The molecule has 0 aliphatic rings. The SMILES string of the molecule is c1ccc2c(-c3ccc(-c4[nH]cc5ccccc45)cc3)[nH]cc2c1. The van der Waals surface area contributed by atoms with Gasteiger partial charge in [0.2, 0.25) is 0 Å². The number of nitrogens with one attached hydrogen (secondary N) is 2. The summed E-state index contributed by atoms with van der Waals surface area (Å²) in [6.45, 7) is 0. The molecular weight excluding hydrogens is 292 g/mol. The second kappa shape index (κ2) is 5.14. The van der Waals surface area contributed by atoms with Gasteiger partial charge in [0.25, 0.3) is 0 Å². The molecule has 5 rings (SSSR count). The van der Waals surface area contributed by atoms with Gasteiger partial charge in [0.15, 0.2) is 0 Å². The van der Waals surface area contributed by atoms with Crippen LogP contribution >= 0.6 is 0 Å². The van der Waals surface area contributed by atoms with E-state index in [2.05, 4.69) is 95.2 Å². The zero-order chi connectivity index (χ0) is 15.9. The molecule has 0 fully saturated rings. The Bertz CT molecular complexity index is 1050. The Balaban J connectivity index is 1.60. The molecule has 0 bridgehead atoms. The fourth-order valence-corrected chi connectivity index (χ4v) is 3.44. The highest BCUT2D eigenvalue weighted by Crippen LogP contribution is 2.31. The van der Waals surface area contributed by atoms with Crippen molar-refractivity contribution in [1.82, 2.24) is 9.97 Å². The van der Waals surface area contributed by atoms with E-state index in [0.29, 0.717) is 0 Å². The van der Waals surface area contributed by atoms with Crippen LogP contribution in [0.25, 0.3) is 44.1 Å². The molecule has 2 heteroatoms. The largest absolute Gasteiger partial charge is 0.360 e. The van der Waals surface area contributed by atoms with Crippen LogP contribution in [0.1, 0.15) is 0 Å². The van der Waals surface area contributed by atoms with Gasteiger partial charge in [-0.25, -0.2) is 0 Å². The molecule has 3 aromatic carbocycles. The Kier molecular flexibility index (Phi) is 2.83. The maximum atomic E-state index is 3.41. The molecule has 0 unspecified atom stereocenters. The van der Waals surface area contributed by atoms with E-state index in [0.717, 1.165) is 0 Å². The van der Waals surface area contributed by atoms with Crippen LogP contribution in [0.3, 0.4) is 0 Å². The van der Waals surface area contributed by atoms with Crippen molar-refractivity contribution >= 4 is 21.5 Å². The van der Waals surface area contributed by atoms with Gasteiger partial charge in [-0.1, -0.05) is 72.8 Å². The lowest BCUT2D eigenvalue weighted by molar-refractivity contribution is 1.40. The normalized spacial score (nSPS) is 11.3. The second-order valence-corrected chi connectivity index (χ2v) is 6.08. The monoisotopic (exact) mass is 308 g/mol. The number of H-pyrrole nitrogens is 2. The molecule has 0 radical (unpaired) electrons. The summed E-state index contributed by atoms with van der Waals surface area (Å²) in [4.78, 5) is 6.81. The molecule has 24 heavy (non-hydrogen) atoms. The summed E-state index contributed by atoms with van der Waals surface area (Å²) in [5, 5.41) is 5.00. The average molecular weight is 308 g/mol. The van der Waals surface area contributed by atoms with Gasteiger partial charge < -0.3 is 9.97 Å². The summed E-state index contributed by atoms with van der Waals surface area (Å²) in [7, 11) is 0. The van der Waals surface area contributed by atoms with Crippen LogP contribution in [0.4, 0.5) is 0 Å². The van der Waals surface area contributed by atoms with Gasteiger partial charge in [0.05, 0.1) is 11.4 Å². The van der Waals surface area contributed by atoms with Crippen molar-refractivity contribution in [2.24, 2.45) is 0 Å². The lowest BCUT2D eigenvalue weighted by Crippen LogP contribution is -1.81. The first-order valence-corrected chi connectivity index (χ1v) is 8.13. The third kappa shape index (κ3) is 1.97. The zero-order valence-electron chi connectivity index (χ0n) is 13.1. The smallest absolute Gasteiger partial charge is 0.0533 e.